The van der Waals surface area contributed by atoms with Gasteiger partial charge in [-0.15, -0.1) is 0 Å². The van der Waals surface area contributed by atoms with E-state index in [0.717, 1.165) is 30.8 Å². The normalized spacial score (nSPS) is 20.1. The first-order valence-corrected chi connectivity index (χ1v) is 10.6. The van der Waals surface area contributed by atoms with Gasteiger partial charge in [0.05, 0.1) is 11.3 Å². The van der Waals surface area contributed by atoms with E-state index in [4.69, 9.17) is 9.47 Å². The number of nitrogens with zero attached hydrogens (tertiary/aromatic N) is 1. The largest absolute Gasteiger partial charge is 0.454 e. The van der Waals surface area contributed by atoms with Crippen LogP contribution in [0.25, 0.3) is 0 Å². The van der Waals surface area contributed by atoms with Gasteiger partial charge in [0, 0.05) is 19.5 Å². The number of hydrogen-bond acceptors (Lipinski definition) is 4. The summed E-state index contributed by atoms with van der Waals surface area (Å²) >= 11 is 0. The molecule has 1 fully saturated rings. The first kappa shape index (κ1) is 20.3. The smallest absolute Gasteiger partial charge is 0.255 e. The SMILES string of the molecule is CC1CC(C)CN(C(=O)c2ccccc2NC(=O)CCc2ccc3c(c2)OCO3)C1. The third-order valence-corrected chi connectivity index (χ3v) is 5.67. The Labute approximate surface area is 177 Å². The van der Waals surface area contributed by atoms with Crippen LogP contribution in [0.5, 0.6) is 11.5 Å². The number of ether oxygens (including phenoxy) is 2. The van der Waals surface area contributed by atoms with E-state index in [1.807, 2.05) is 35.2 Å². The van der Waals surface area contributed by atoms with Crippen molar-refractivity contribution in [2.75, 3.05) is 25.2 Å². The maximum atomic E-state index is 13.1. The number of piperidine rings is 1. The Bertz CT molecular complexity index is 933. The van der Waals surface area contributed by atoms with E-state index in [-0.39, 0.29) is 18.6 Å². The van der Waals surface area contributed by atoms with Gasteiger partial charge in [-0.25, -0.2) is 0 Å². The van der Waals surface area contributed by atoms with Crippen molar-refractivity contribution >= 4 is 17.5 Å². The molecule has 0 saturated carbocycles. The van der Waals surface area contributed by atoms with E-state index in [0.29, 0.717) is 41.7 Å². The molecule has 2 aliphatic rings. The lowest BCUT2D eigenvalue weighted by Crippen LogP contribution is -2.42. The average molecular weight is 408 g/mol. The second-order valence-electron chi connectivity index (χ2n) is 8.44. The summed E-state index contributed by atoms with van der Waals surface area (Å²) in [4.78, 5) is 27.6. The summed E-state index contributed by atoms with van der Waals surface area (Å²) in [5, 5.41) is 2.93. The molecule has 0 radical (unpaired) electrons. The molecule has 158 valence electrons. The number of likely N-dealkylation sites (tertiary alicyclic amines) is 1. The van der Waals surface area contributed by atoms with Gasteiger partial charge in [0.25, 0.3) is 5.91 Å². The van der Waals surface area contributed by atoms with Crippen LogP contribution in [0.1, 0.15) is 42.6 Å². The fraction of sp³-hybridized carbons (Fsp3) is 0.417. The van der Waals surface area contributed by atoms with Crippen molar-refractivity contribution in [3.63, 3.8) is 0 Å². The summed E-state index contributed by atoms with van der Waals surface area (Å²) in [6, 6.07) is 13.0. The summed E-state index contributed by atoms with van der Waals surface area (Å²) in [5.74, 6) is 2.29. The Morgan fingerprint density at radius 3 is 2.57 bits per heavy atom. The van der Waals surface area contributed by atoms with E-state index in [1.165, 1.54) is 0 Å². The van der Waals surface area contributed by atoms with Crippen molar-refractivity contribution in [3.8, 4) is 11.5 Å². The number of fused-ring (bicyclic) bond motifs is 1. The Balaban J connectivity index is 1.39. The highest BCUT2D eigenvalue weighted by Gasteiger charge is 2.27. The topological polar surface area (TPSA) is 67.9 Å². The first-order chi connectivity index (χ1) is 14.5. The van der Waals surface area contributed by atoms with E-state index in [1.54, 1.807) is 12.1 Å². The monoisotopic (exact) mass is 408 g/mol. The van der Waals surface area contributed by atoms with Crippen molar-refractivity contribution in [3.05, 3.63) is 53.6 Å². The molecule has 4 rings (SSSR count). The predicted octanol–water partition coefficient (Wildman–Crippen LogP) is 4.10. The summed E-state index contributed by atoms with van der Waals surface area (Å²) in [5.41, 5.74) is 2.13. The standard InChI is InChI=1S/C24H28N2O4/c1-16-11-17(2)14-26(13-16)24(28)19-5-3-4-6-20(19)25-23(27)10-8-18-7-9-21-22(12-18)30-15-29-21/h3-7,9,12,16-17H,8,10-11,13-15H2,1-2H3,(H,25,27). The van der Waals surface area contributed by atoms with Crippen LogP contribution in [0.4, 0.5) is 5.69 Å². The molecule has 6 heteroatoms. The van der Waals surface area contributed by atoms with Crippen LogP contribution in [0.3, 0.4) is 0 Å². The molecule has 2 aromatic carbocycles. The average Bonchev–Trinajstić information content (AvgIpc) is 3.19. The zero-order valence-corrected chi connectivity index (χ0v) is 17.5. The Hall–Kier alpha value is -3.02. The third kappa shape index (κ3) is 4.58. The number of benzene rings is 2. The minimum atomic E-state index is -0.117. The molecule has 0 bridgehead atoms. The second kappa shape index (κ2) is 8.78. The number of aryl methyl sites for hydroxylation is 1. The fourth-order valence-electron chi connectivity index (χ4n) is 4.34. The zero-order valence-electron chi connectivity index (χ0n) is 17.5. The van der Waals surface area contributed by atoms with Crippen LogP contribution < -0.4 is 14.8 Å². The van der Waals surface area contributed by atoms with Crippen LogP contribution in [0, 0.1) is 11.8 Å². The summed E-state index contributed by atoms with van der Waals surface area (Å²) in [7, 11) is 0. The number of hydrogen-bond donors (Lipinski definition) is 1. The van der Waals surface area contributed by atoms with Crippen molar-refractivity contribution in [2.24, 2.45) is 11.8 Å². The number of anilines is 1. The van der Waals surface area contributed by atoms with Gasteiger partial charge in [0.15, 0.2) is 11.5 Å². The highest BCUT2D eigenvalue weighted by Crippen LogP contribution is 2.33. The number of carbonyl (C=O) groups excluding carboxylic acids is 2. The molecule has 0 aromatic heterocycles. The lowest BCUT2D eigenvalue weighted by molar-refractivity contribution is -0.116. The molecule has 2 amide bonds. The van der Waals surface area contributed by atoms with Gasteiger partial charge in [-0.3, -0.25) is 9.59 Å². The van der Waals surface area contributed by atoms with Crippen LogP contribution in [0.15, 0.2) is 42.5 Å². The quantitative estimate of drug-likeness (QED) is 0.809. The highest BCUT2D eigenvalue weighted by atomic mass is 16.7. The lowest BCUT2D eigenvalue weighted by Gasteiger charge is -2.35. The summed E-state index contributed by atoms with van der Waals surface area (Å²) in [6.07, 6.45) is 2.04. The Morgan fingerprint density at radius 1 is 1.03 bits per heavy atom. The van der Waals surface area contributed by atoms with Gasteiger partial charge < -0.3 is 19.7 Å². The number of carbonyl (C=O) groups is 2. The molecule has 2 atom stereocenters. The molecule has 6 nitrogen and oxygen atoms in total. The molecule has 0 aliphatic carbocycles. The van der Waals surface area contributed by atoms with Gasteiger partial charge in [-0.2, -0.15) is 0 Å². The molecular weight excluding hydrogens is 380 g/mol. The van der Waals surface area contributed by atoms with Gasteiger partial charge in [0.2, 0.25) is 12.7 Å². The van der Waals surface area contributed by atoms with Gasteiger partial charge >= 0.3 is 0 Å². The van der Waals surface area contributed by atoms with Crippen LogP contribution in [-0.2, 0) is 11.2 Å². The molecule has 0 spiro atoms. The lowest BCUT2D eigenvalue weighted by atomic mass is 9.91. The first-order valence-electron chi connectivity index (χ1n) is 10.6. The predicted molar refractivity (Wildman–Crippen MR) is 115 cm³/mol. The minimum absolute atomic E-state index is 0.0138. The summed E-state index contributed by atoms with van der Waals surface area (Å²) in [6.45, 7) is 6.11. The third-order valence-electron chi connectivity index (χ3n) is 5.67. The van der Waals surface area contributed by atoms with Crippen LogP contribution >= 0.6 is 0 Å². The maximum Gasteiger partial charge on any atom is 0.255 e. The van der Waals surface area contributed by atoms with Crippen molar-refractivity contribution in [1.29, 1.82) is 0 Å². The molecule has 2 aromatic rings. The number of nitrogens with one attached hydrogen (secondary N) is 1. The van der Waals surface area contributed by atoms with Gasteiger partial charge in [0.1, 0.15) is 0 Å². The molecule has 30 heavy (non-hydrogen) atoms. The van der Waals surface area contributed by atoms with E-state index in [2.05, 4.69) is 19.2 Å². The molecule has 2 aliphatic heterocycles. The number of rotatable bonds is 5. The van der Waals surface area contributed by atoms with E-state index < -0.39 is 0 Å². The minimum Gasteiger partial charge on any atom is -0.454 e. The maximum absolute atomic E-state index is 13.1. The molecule has 1 N–H and O–H groups in total. The molecular formula is C24H28N2O4. The number of amides is 2. The molecule has 2 unspecified atom stereocenters. The molecule has 2 heterocycles. The molecule has 1 saturated heterocycles. The Kier molecular flexibility index (Phi) is 5.93. The zero-order chi connectivity index (χ0) is 21.1. The van der Waals surface area contributed by atoms with Crippen molar-refractivity contribution in [2.45, 2.75) is 33.1 Å². The van der Waals surface area contributed by atoms with Crippen LogP contribution in [-0.4, -0.2) is 36.6 Å². The second-order valence-corrected chi connectivity index (χ2v) is 8.44. The van der Waals surface area contributed by atoms with Gasteiger partial charge in [-0.05, 0) is 54.5 Å². The van der Waals surface area contributed by atoms with E-state index >= 15 is 0 Å². The van der Waals surface area contributed by atoms with Crippen molar-refractivity contribution in [1.82, 2.24) is 4.90 Å². The van der Waals surface area contributed by atoms with Crippen molar-refractivity contribution < 1.29 is 19.1 Å². The summed E-state index contributed by atoms with van der Waals surface area (Å²) < 4.78 is 10.7. The van der Waals surface area contributed by atoms with Crippen LogP contribution in [0.2, 0.25) is 0 Å². The number of para-hydroxylation sites is 1. The van der Waals surface area contributed by atoms with Gasteiger partial charge in [-0.1, -0.05) is 32.0 Å². The highest BCUT2D eigenvalue weighted by molar-refractivity contribution is 6.03. The fourth-order valence-corrected chi connectivity index (χ4v) is 4.34. The van der Waals surface area contributed by atoms with E-state index in [9.17, 15) is 9.59 Å². The Morgan fingerprint density at radius 2 is 1.77 bits per heavy atom.